The van der Waals surface area contributed by atoms with Gasteiger partial charge in [0.2, 0.25) is 0 Å². The molecule has 1 saturated heterocycles. The Kier molecular flexibility index (Phi) is 4.26. The molecule has 18 heavy (non-hydrogen) atoms. The first-order chi connectivity index (χ1) is 8.65. The molecule has 0 radical (unpaired) electrons. The molecule has 1 heterocycles. The minimum atomic E-state index is 0.246. The molecule has 1 fully saturated rings. The van der Waals surface area contributed by atoms with E-state index in [2.05, 4.69) is 40.7 Å². The Morgan fingerprint density at radius 3 is 2.94 bits per heavy atom. The quantitative estimate of drug-likeness (QED) is 0.841. The summed E-state index contributed by atoms with van der Waals surface area (Å²) in [4.78, 5) is 2.37. The summed E-state index contributed by atoms with van der Waals surface area (Å²) in [6, 6.07) is 8.33. The van der Waals surface area contributed by atoms with Crippen molar-refractivity contribution < 1.29 is 4.74 Å². The van der Waals surface area contributed by atoms with E-state index in [1.807, 2.05) is 18.2 Å². The Balaban J connectivity index is 2.31. The Morgan fingerprint density at radius 1 is 1.56 bits per heavy atom. The van der Waals surface area contributed by atoms with Crippen LogP contribution in [0.3, 0.4) is 0 Å². The first-order valence-electron chi connectivity index (χ1n) is 6.23. The molecule has 4 heteroatoms. The molecular formula is C14H17BrN2O. The van der Waals surface area contributed by atoms with Crippen LogP contribution in [0.25, 0.3) is 0 Å². The molecule has 1 aliphatic rings. The van der Waals surface area contributed by atoms with Crippen LogP contribution in [0.1, 0.15) is 25.8 Å². The van der Waals surface area contributed by atoms with E-state index in [9.17, 15) is 0 Å². The standard InChI is InChI=1S/C14H17BrN2O/c1-3-12-9-18-10(2)8-17(12)14-5-4-11(7-16)6-13(14)15/h4-6,10,12H,3,8-9H2,1-2H3. The average Bonchev–Trinajstić information content (AvgIpc) is 2.38. The lowest BCUT2D eigenvalue weighted by molar-refractivity contribution is 0.0299. The van der Waals surface area contributed by atoms with Gasteiger partial charge in [0.15, 0.2) is 0 Å². The highest BCUT2D eigenvalue weighted by Gasteiger charge is 2.26. The van der Waals surface area contributed by atoms with Gasteiger partial charge in [0, 0.05) is 11.0 Å². The maximum atomic E-state index is 8.90. The summed E-state index contributed by atoms with van der Waals surface area (Å²) in [5.74, 6) is 0. The number of morpholine rings is 1. The number of ether oxygens (including phenoxy) is 1. The summed E-state index contributed by atoms with van der Waals surface area (Å²) >= 11 is 3.57. The zero-order valence-corrected chi connectivity index (χ0v) is 12.3. The highest BCUT2D eigenvalue weighted by atomic mass is 79.9. The number of halogens is 1. The highest BCUT2D eigenvalue weighted by molar-refractivity contribution is 9.10. The molecule has 0 N–H and O–H groups in total. The highest BCUT2D eigenvalue weighted by Crippen LogP contribution is 2.31. The third kappa shape index (κ3) is 2.68. The molecule has 3 nitrogen and oxygen atoms in total. The molecule has 1 aromatic rings. The van der Waals surface area contributed by atoms with Crippen LogP contribution >= 0.6 is 15.9 Å². The zero-order valence-electron chi connectivity index (χ0n) is 10.7. The molecule has 2 unspecified atom stereocenters. The van der Waals surface area contributed by atoms with Crippen molar-refractivity contribution in [2.45, 2.75) is 32.4 Å². The van der Waals surface area contributed by atoms with Gasteiger partial charge in [-0.2, -0.15) is 5.26 Å². The summed E-state index contributed by atoms with van der Waals surface area (Å²) in [5.41, 5.74) is 1.83. The number of anilines is 1. The lowest BCUT2D eigenvalue weighted by Gasteiger charge is -2.40. The second kappa shape index (κ2) is 5.73. The molecule has 0 bridgehead atoms. The van der Waals surface area contributed by atoms with Crippen molar-refractivity contribution in [1.29, 1.82) is 5.26 Å². The van der Waals surface area contributed by atoms with Crippen molar-refractivity contribution >= 4 is 21.6 Å². The van der Waals surface area contributed by atoms with Gasteiger partial charge in [-0.3, -0.25) is 0 Å². The predicted octanol–water partition coefficient (Wildman–Crippen LogP) is 3.32. The summed E-state index contributed by atoms with van der Waals surface area (Å²) < 4.78 is 6.69. The van der Waals surface area contributed by atoms with Gasteiger partial charge in [0.1, 0.15) is 0 Å². The average molecular weight is 309 g/mol. The molecule has 0 spiro atoms. The van der Waals surface area contributed by atoms with Gasteiger partial charge in [0.05, 0.1) is 36.1 Å². The van der Waals surface area contributed by atoms with Crippen LogP contribution in [0.2, 0.25) is 0 Å². The summed E-state index contributed by atoms with van der Waals surface area (Å²) in [6.45, 7) is 5.93. The van der Waals surface area contributed by atoms with Gasteiger partial charge in [0.25, 0.3) is 0 Å². The van der Waals surface area contributed by atoms with Gasteiger partial charge < -0.3 is 9.64 Å². The van der Waals surface area contributed by atoms with Crippen LogP contribution in [0.4, 0.5) is 5.69 Å². The Hall–Kier alpha value is -1.05. The molecule has 0 aliphatic carbocycles. The SMILES string of the molecule is CCC1COC(C)CN1c1ccc(C#N)cc1Br. The monoisotopic (exact) mass is 308 g/mol. The second-order valence-corrected chi connectivity index (χ2v) is 5.49. The van der Waals surface area contributed by atoms with Crippen molar-refractivity contribution in [1.82, 2.24) is 0 Å². The summed E-state index contributed by atoms with van der Waals surface area (Å²) in [7, 11) is 0. The second-order valence-electron chi connectivity index (χ2n) is 4.64. The van der Waals surface area contributed by atoms with E-state index in [1.165, 1.54) is 0 Å². The van der Waals surface area contributed by atoms with Crippen LogP contribution in [0.5, 0.6) is 0 Å². The third-order valence-electron chi connectivity index (χ3n) is 3.33. The van der Waals surface area contributed by atoms with E-state index in [0.29, 0.717) is 11.6 Å². The third-order valence-corrected chi connectivity index (χ3v) is 3.96. The van der Waals surface area contributed by atoms with E-state index < -0.39 is 0 Å². The van der Waals surface area contributed by atoms with Crippen LogP contribution in [0, 0.1) is 11.3 Å². The first kappa shape index (κ1) is 13.4. The molecule has 0 aromatic heterocycles. The Bertz CT molecular complexity index is 469. The smallest absolute Gasteiger partial charge is 0.0992 e. The van der Waals surface area contributed by atoms with Gasteiger partial charge >= 0.3 is 0 Å². The summed E-state index contributed by atoms with van der Waals surface area (Å²) in [5, 5.41) is 8.90. The Labute approximate surface area is 116 Å². The molecular weight excluding hydrogens is 292 g/mol. The predicted molar refractivity (Wildman–Crippen MR) is 75.7 cm³/mol. The van der Waals surface area contributed by atoms with Crippen LogP contribution in [0.15, 0.2) is 22.7 Å². The minimum Gasteiger partial charge on any atom is -0.375 e. The first-order valence-corrected chi connectivity index (χ1v) is 7.03. The zero-order chi connectivity index (χ0) is 13.1. The maximum Gasteiger partial charge on any atom is 0.0992 e. The van der Waals surface area contributed by atoms with E-state index in [0.717, 1.165) is 29.7 Å². The van der Waals surface area contributed by atoms with Crippen molar-refractivity contribution in [3.8, 4) is 6.07 Å². The maximum absolute atomic E-state index is 8.90. The normalized spacial score (nSPS) is 23.8. The van der Waals surface area contributed by atoms with Gasteiger partial charge in [-0.25, -0.2) is 0 Å². The largest absolute Gasteiger partial charge is 0.375 e. The fraction of sp³-hybridized carbons (Fsp3) is 0.500. The fourth-order valence-electron chi connectivity index (χ4n) is 2.29. The van der Waals surface area contributed by atoms with E-state index in [-0.39, 0.29) is 6.10 Å². The van der Waals surface area contributed by atoms with Crippen molar-refractivity contribution in [3.05, 3.63) is 28.2 Å². The number of rotatable bonds is 2. The number of nitrogens with zero attached hydrogens (tertiary/aromatic N) is 2. The summed E-state index contributed by atoms with van der Waals surface area (Å²) in [6.07, 6.45) is 1.30. The van der Waals surface area contributed by atoms with Gasteiger partial charge in [-0.1, -0.05) is 6.92 Å². The molecule has 1 aliphatic heterocycles. The number of hydrogen-bond donors (Lipinski definition) is 0. The fourth-order valence-corrected chi connectivity index (χ4v) is 2.89. The number of hydrogen-bond acceptors (Lipinski definition) is 3. The molecule has 2 atom stereocenters. The van der Waals surface area contributed by atoms with Crippen molar-refractivity contribution in [3.63, 3.8) is 0 Å². The van der Waals surface area contributed by atoms with E-state index in [4.69, 9.17) is 10.00 Å². The van der Waals surface area contributed by atoms with Gasteiger partial charge in [-0.15, -0.1) is 0 Å². The van der Waals surface area contributed by atoms with Crippen LogP contribution in [-0.4, -0.2) is 25.3 Å². The topological polar surface area (TPSA) is 36.3 Å². The van der Waals surface area contributed by atoms with Gasteiger partial charge in [-0.05, 0) is 47.5 Å². The van der Waals surface area contributed by atoms with Crippen LogP contribution < -0.4 is 4.90 Å². The van der Waals surface area contributed by atoms with Crippen molar-refractivity contribution in [2.75, 3.05) is 18.1 Å². The molecule has 0 saturated carbocycles. The lowest BCUT2D eigenvalue weighted by Crippen LogP contribution is -2.48. The lowest BCUT2D eigenvalue weighted by atomic mass is 10.1. The molecule has 96 valence electrons. The number of nitriles is 1. The van der Waals surface area contributed by atoms with E-state index in [1.54, 1.807) is 0 Å². The minimum absolute atomic E-state index is 0.246. The van der Waals surface area contributed by atoms with Crippen molar-refractivity contribution in [2.24, 2.45) is 0 Å². The van der Waals surface area contributed by atoms with Crippen LogP contribution in [-0.2, 0) is 4.74 Å². The molecule has 1 aromatic carbocycles. The molecule has 2 rings (SSSR count). The van der Waals surface area contributed by atoms with E-state index >= 15 is 0 Å². The molecule has 0 amide bonds. The Morgan fingerprint density at radius 2 is 2.33 bits per heavy atom. The number of benzene rings is 1.